The molecule has 0 unspecified atom stereocenters. The molecule has 286 valence electrons. The molecule has 1 aromatic heterocycles. The molecule has 0 aliphatic carbocycles. The highest BCUT2D eigenvalue weighted by molar-refractivity contribution is 7.86. The van der Waals surface area contributed by atoms with E-state index in [0.717, 1.165) is 18.2 Å². The Balaban J connectivity index is 1.74. The minimum atomic E-state index is -5.32. The normalized spacial score (nSPS) is 12.8. The number of phenols is 1. The van der Waals surface area contributed by atoms with E-state index in [4.69, 9.17) is 11.6 Å². The smallest absolute Gasteiger partial charge is 0.296 e. The summed E-state index contributed by atoms with van der Waals surface area (Å²) in [6.07, 6.45) is 0. The van der Waals surface area contributed by atoms with Gasteiger partial charge in [0.1, 0.15) is 26.1 Å². The van der Waals surface area contributed by atoms with Gasteiger partial charge in [0.2, 0.25) is 17.2 Å². The Morgan fingerprint density at radius 3 is 1.61 bits per heavy atom. The Hall–Kier alpha value is -4.92. The molecule has 0 fully saturated rings. The van der Waals surface area contributed by atoms with E-state index in [1.165, 1.54) is 25.1 Å². The monoisotopic (exact) mass is 843 g/mol. The first-order valence-corrected chi connectivity index (χ1v) is 20.7. The van der Waals surface area contributed by atoms with Gasteiger partial charge in [-0.3, -0.25) is 18.2 Å². The molecule has 0 saturated carbocycles. The maximum absolute atomic E-state index is 12.5. The first-order chi connectivity index (χ1) is 24.7. The topological polar surface area (TPSA) is 325 Å². The van der Waals surface area contributed by atoms with E-state index in [-0.39, 0.29) is 5.69 Å². The Kier molecular flexibility index (Phi) is 10.5. The van der Waals surface area contributed by atoms with Gasteiger partial charge in [0, 0.05) is 5.39 Å². The maximum atomic E-state index is 12.5. The minimum absolute atomic E-state index is 0.182. The molecule has 0 spiro atoms. The molecule has 25 heteroatoms. The van der Waals surface area contributed by atoms with E-state index in [0.29, 0.717) is 28.3 Å². The lowest BCUT2D eigenvalue weighted by molar-refractivity contribution is 0.472. The van der Waals surface area contributed by atoms with Crippen molar-refractivity contribution >= 4 is 97.5 Å². The zero-order chi connectivity index (χ0) is 40.3. The van der Waals surface area contributed by atoms with Gasteiger partial charge in [0.25, 0.3) is 40.5 Å². The third kappa shape index (κ3) is 8.56. The molecule has 0 radical (unpaired) electrons. The molecule has 54 heavy (non-hydrogen) atoms. The van der Waals surface area contributed by atoms with Crippen molar-refractivity contribution in [2.24, 2.45) is 10.2 Å². The lowest BCUT2D eigenvalue weighted by Gasteiger charge is -2.16. The number of nitrogens with one attached hydrogen (secondary N) is 2. The summed E-state index contributed by atoms with van der Waals surface area (Å²) in [6.45, 7) is 6.35. The summed E-state index contributed by atoms with van der Waals surface area (Å²) in [5.41, 5.74) is -0.149. The van der Waals surface area contributed by atoms with Crippen molar-refractivity contribution in [3.63, 3.8) is 0 Å². The van der Waals surface area contributed by atoms with Crippen molar-refractivity contribution in [3.05, 3.63) is 70.0 Å². The van der Waals surface area contributed by atoms with Gasteiger partial charge in [-0.15, -0.1) is 10.2 Å². The summed E-state index contributed by atoms with van der Waals surface area (Å²) < 4.78 is 137. The third-order valence-electron chi connectivity index (χ3n) is 7.79. The number of hydrogen-bond donors (Lipinski definition) is 7. The van der Waals surface area contributed by atoms with Gasteiger partial charge in [-0.2, -0.15) is 48.6 Å². The average Bonchev–Trinajstić information content (AvgIpc) is 3.01. The van der Waals surface area contributed by atoms with Crippen molar-refractivity contribution in [3.8, 4) is 5.75 Å². The number of nitrogens with zero attached hydrogens (tertiary/aromatic N) is 5. The standard InChI is InChI=1S/C29H26ClN7O13S4/c1-12-5-18(21(7-14(12)3)52(42,43)44)31-28-33-27(30)34-29(35-28)32-20-11-17(51(39,40)41)9-16-10-23(54(48,49)50)25(26(38)24(16)20)37-36-19-6-13(2)15(4)8-22(19)53(45,46)47/h5-11,38H,1-4H3,(H,39,40,41)(H,42,43,44)(H,45,46,47)(H,48,49,50)(H2,31,32,33,34,35). The van der Waals surface area contributed by atoms with Gasteiger partial charge in [-0.1, -0.05) is 0 Å². The average molecular weight is 844 g/mol. The maximum Gasteiger partial charge on any atom is 0.296 e. The van der Waals surface area contributed by atoms with Gasteiger partial charge < -0.3 is 15.7 Å². The first kappa shape index (κ1) is 40.3. The number of aromatic nitrogens is 3. The van der Waals surface area contributed by atoms with Gasteiger partial charge in [-0.05, 0) is 109 Å². The Labute approximate surface area is 312 Å². The number of aromatic hydroxyl groups is 1. The van der Waals surface area contributed by atoms with E-state index in [9.17, 15) is 57.0 Å². The second-order valence-corrected chi connectivity index (χ2v) is 17.5. The number of aryl methyl sites for hydroxylation is 4. The Bertz CT molecular complexity index is 2910. The SMILES string of the molecule is Cc1cc(N=Nc2c(S(=O)(=O)O)cc3cc(S(=O)(=O)O)cc(Nc4nc(Cl)nc(Nc5cc(C)c(C)cc5S(=O)(=O)O)n4)c3c2O)c(S(=O)(=O)O)cc1C. The van der Waals surface area contributed by atoms with Crippen molar-refractivity contribution in [1.29, 1.82) is 0 Å². The fourth-order valence-electron chi connectivity index (χ4n) is 4.97. The minimum Gasteiger partial charge on any atom is -0.505 e. The van der Waals surface area contributed by atoms with Crippen LogP contribution in [0.5, 0.6) is 5.75 Å². The molecule has 7 N–H and O–H groups in total. The van der Waals surface area contributed by atoms with Crippen molar-refractivity contribution in [1.82, 2.24) is 15.0 Å². The van der Waals surface area contributed by atoms with Crippen LogP contribution in [0.2, 0.25) is 5.28 Å². The molecule has 1 heterocycles. The molecule has 0 atom stereocenters. The summed E-state index contributed by atoms with van der Waals surface area (Å²) in [5.74, 6) is -2.04. The second-order valence-electron chi connectivity index (χ2n) is 11.6. The first-order valence-electron chi connectivity index (χ1n) is 14.6. The molecule has 5 aromatic rings. The van der Waals surface area contributed by atoms with Crippen molar-refractivity contribution in [2.45, 2.75) is 47.3 Å². The van der Waals surface area contributed by atoms with Gasteiger partial charge in [0.15, 0.2) is 5.75 Å². The highest BCUT2D eigenvalue weighted by atomic mass is 35.5. The number of hydrogen-bond acceptors (Lipinski definition) is 16. The highest BCUT2D eigenvalue weighted by Crippen LogP contribution is 2.46. The fourth-order valence-corrected chi connectivity index (χ4v) is 7.73. The summed E-state index contributed by atoms with van der Waals surface area (Å²) in [5, 5.41) is 22.6. The zero-order valence-electron chi connectivity index (χ0n) is 27.8. The fraction of sp³-hybridized carbons (Fsp3) is 0.138. The van der Waals surface area contributed by atoms with Crippen LogP contribution in [0.15, 0.2) is 72.3 Å². The lowest BCUT2D eigenvalue weighted by Crippen LogP contribution is -2.09. The summed E-state index contributed by atoms with van der Waals surface area (Å²) in [7, 11) is -20.1. The van der Waals surface area contributed by atoms with Crippen LogP contribution in [0, 0.1) is 27.7 Å². The van der Waals surface area contributed by atoms with E-state index in [1.807, 2.05) is 0 Å². The third-order valence-corrected chi connectivity index (χ3v) is 11.4. The Morgan fingerprint density at radius 1 is 0.574 bits per heavy atom. The van der Waals surface area contributed by atoms with Gasteiger partial charge in [-0.25, -0.2) is 0 Å². The molecule has 0 saturated heterocycles. The van der Waals surface area contributed by atoms with E-state index >= 15 is 0 Å². The number of rotatable bonds is 10. The van der Waals surface area contributed by atoms with Crippen LogP contribution < -0.4 is 10.6 Å². The molecular formula is C29H26ClN7O13S4. The molecule has 0 aliphatic rings. The van der Waals surface area contributed by atoms with Gasteiger partial charge >= 0.3 is 0 Å². The van der Waals surface area contributed by atoms with Crippen LogP contribution in [0.4, 0.5) is 34.6 Å². The second kappa shape index (κ2) is 14.1. The van der Waals surface area contributed by atoms with Crippen LogP contribution in [-0.2, 0) is 40.5 Å². The van der Waals surface area contributed by atoms with E-state index < -0.39 is 111 Å². The summed E-state index contributed by atoms with van der Waals surface area (Å²) in [4.78, 5) is 8.53. The number of benzene rings is 4. The molecule has 0 bridgehead atoms. The molecule has 20 nitrogen and oxygen atoms in total. The van der Waals surface area contributed by atoms with Crippen LogP contribution in [-0.4, -0.2) is 71.9 Å². The Morgan fingerprint density at radius 2 is 1.07 bits per heavy atom. The summed E-state index contributed by atoms with van der Waals surface area (Å²) >= 11 is 6.11. The number of anilines is 4. The number of phenolic OH excluding ortho intramolecular Hbond substituents is 1. The van der Waals surface area contributed by atoms with E-state index in [2.05, 4.69) is 35.8 Å². The zero-order valence-corrected chi connectivity index (χ0v) is 31.8. The molecule has 4 aromatic carbocycles. The molecule has 5 rings (SSSR count). The van der Waals surface area contributed by atoms with E-state index in [1.54, 1.807) is 20.8 Å². The van der Waals surface area contributed by atoms with Crippen LogP contribution in [0.1, 0.15) is 22.3 Å². The van der Waals surface area contributed by atoms with Crippen molar-refractivity contribution < 1.29 is 57.0 Å². The molecular weight excluding hydrogens is 818 g/mol. The predicted octanol–water partition coefficient (Wildman–Crippen LogP) is 5.51. The summed E-state index contributed by atoms with van der Waals surface area (Å²) in [6, 6.07) is 6.95. The highest BCUT2D eigenvalue weighted by Gasteiger charge is 2.27. The number of fused-ring (bicyclic) bond motifs is 1. The van der Waals surface area contributed by atoms with Crippen LogP contribution in [0.25, 0.3) is 10.8 Å². The molecule has 0 amide bonds. The predicted molar refractivity (Wildman–Crippen MR) is 192 cm³/mol. The number of azo groups is 1. The lowest BCUT2D eigenvalue weighted by atomic mass is 10.1. The van der Waals surface area contributed by atoms with Crippen LogP contribution >= 0.6 is 11.6 Å². The van der Waals surface area contributed by atoms with Crippen LogP contribution in [0.3, 0.4) is 0 Å². The quantitative estimate of drug-likeness (QED) is 0.0673. The molecule has 0 aliphatic heterocycles. The number of halogens is 1. The largest absolute Gasteiger partial charge is 0.505 e. The van der Waals surface area contributed by atoms with Gasteiger partial charge in [0.05, 0.1) is 16.3 Å². The van der Waals surface area contributed by atoms with Crippen molar-refractivity contribution in [2.75, 3.05) is 10.6 Å².